The summed E-state index contributed by atoms with van der Waals surface area (Å²) in [4.78, 5) is 6.74. The first kappa shape index (κ1) is 18.6. The third kappa shape index (κ3) is 6.23. The standard InChI is InChI=1S/C20H31N3OS/c25-20(22-17-9-4-2-1-3-5-10-17)23(16-19-12-8-14-24-19)15-18-11-6-7-13-21-18/h6-7,11,13,17,19H,1-5,8-10,12,14-16H2,(H,22,25). The maximum atomic E-state index is 5.85. The van der Waals surface area contributed by atoms with Crippen LogP contribution in [0.25, 0.3) is 0 Å². The molecule has 138 valence electrons. The third-order valence-electron chi connectivity index (χ3n) is 5.25. The van der Waals surface area contributed by atoms with E-state index in [-0.39, 0.29) is 0 Å². The molecule has 3 rings (SSSR count). The summed E-state index contributed by atoms with van der Waals surface area (Å²) < 4.78 is 5.85. The van der Waals surface area contributed by atoms with Crippen molar-refractivity contribution < 1.29 is 4.74 Å². The second kappa shape index (κ2) is 10.1. The Morgan fingerprint density at radius 3 is 2.60 bits per heavy atom. The number of nitrogens with one attached hydrogen (secondary N) is 1. The van der Waals surface area contributed by atoms with Crippen molar-refractivity contribution in [1.29, 1.82) is 0 Å². The predicted octanol–water partition coefficient (Wildman–Crippen LogP) is 4.05. The number of thiocarbonyl (C=S) groups is 1. The molecule has 4 nitrogen and oxygen atoms in total. The zero-order chi connectivity index (χ0) is 17.3. The lowest BCUT2D eigenvalue weighted by Crippen LogP contribution is -2.47. The minimum Gasteiger partial charge on any atom is -0.376 e. The summed E-state index contributed by atoms with van der Waals surface area (Å²) in [5, 5.41) is 4.52. The van der Waals surface area contributed by atoms with Gasteiger partial charge in [0.2, 0.25) is 0 Å². The lowest BCUT2D eigenvalue weighted by molar-refractivity contribution is 0.0892. The summed E-state index contributed by atoms with van der Waals surface area (Å²) in [5.41, 5.74) is 1.06. The van der Waals surface area contributed by atoms with E-state index in [1.807, 2.05) is 18.3 Å². The minimum absolute atomic E-state index is 0.292. The summed E-state index contributed by atoms with van der Waals surface area (Å²) >= 11 is 5.80. The zero-order valence-electron chi connectivity index (χ0n) is 15.2. The van der Waals surface area contributed by atoms with Crippen LogP contribution in [0.3, 0.4) is 0 Å². The van der Waals surface area contributed by atoms with Gasteiger partial charge in [0.1, 0.15) is 0 Å². The smallest absolute Gasteiger partial charge is 0.169 e. The van der Waals surface area contributed by atoms with Crippen molar-refractivity contribution in [3.63, 3.8) is 0 Å². The number of rotatable bonds is 5. The van der Waals surface area contributed by atoms with Gasteiger partial charge in [0.05, 0.1) is 18.3 Å². The number of pyridine rings is 1. The summed E-state index contributed by atoms with van der Waals surface area (Å²) in [6.07, 6.45) is 13.6. The minimum atomic E-state index is 0.292. The van der Waals surface area contributed by atoms with Crippen molar-refractivity contribution in [2.75, 3.05) is 13.2 Å². The third-order valence-corrected chi connectivity index (χ3v) is 5.62. The van der Waals surface area contributed by atoms with Gasteiger partial charge < -0.3 is 15.0 Å². The summed E-state index contributed by atoms with van der Waals surface area (Å²) in [6.45, 7) is 2.49. The fraction of sp³-hybridized carbons (Fsp3) is 0.700. The number of hydrogen-bond acceptors (Lipinski definition) is 3. The first-order valence-corrected chi connectivity index (χ1v) is 10.3. The van der Waals surface area contributed by atoms with Gasteiger partial charge in [0.25, 0.3) is 0 Å². The average molecular weight is 362 g/mol. The monoisotopic (exact) mass is 361 g/mol. The average Bonchev–Trinajstić information content (AvgIpc) is 3.10. The lowest BCUT2D eigenvalue weighted by Gasteiger charge is -2.31. The van der Waals surface area contributed by atoms with Crippen molar-refractivity contribution in [3.05, 3.63) is 30.1 Å². The maximum Gasteiger partial charge on any atom is 0.169 e. The Morgan fingerprint density at radius 2 is 1.92 bits per heavy atom. The number of hydrogen-bond donors (Lipinski definition) is 1. The highest BCUT2D eigenvalue weighted by atomic mass is 32.1. The van der Waals surface area contributed by atoms with E-state index in [2.05, 4.69) is 21.3 Å². The topological polar surface area (TPSA) is 37.4 Å². The van der Waals surface area contributed by atoms with Gasteiger partial charge in [-0.25, -0.2) is 0 Å². The van der Waals surface area contributed by atoms with Crippen LogP contribution < -0.4 is 5.32 Å². The molecule has 1 atom stereocenters. The molecule has 1 N–H and O–H groups in total. The number of aromatic nitrogens is 1. The van der Waals surface area contributed by atoms with Gasteiger partial charge in [0.15, 0.2) is 5.11 Å². The van der Waals surface area contributed by atoms with Gasteiger partial charge in [-0.15, -0.1) is 0 Å². The van der Waals surface area contributed by atoms with Gasteiger partial charge in [-0.1, -0.05) is 38.2 Å². The van der Waals surface area contributed by atoms with Gasteiger partial charge in [0, 0.05) is 25.4 Å². The molecule has 0 bridgehead atoms. The number of ether oxygens (including phenoxy) is 1. The largest absolute Gasteiger partial charge is 0.376 e. The molecule has 1 aliphatic carbocycles. The van der Waals surface area contributed by atoms with Gasteiger partial charge in [-0.05, 0) is 50.0 Å². The highest BCUT2D eigenvalue weighted by Crippen LogP contribution is 2.19. The normalized spacial score (nSPS) is 22.2. The molecule has 0 amide bonds. The van der Waals surface area contributed by atoms with Crippen LogP contribution in [0.1, 0.15) is 63.5 Å². The molecular formula is C20H31N3OS. The molecule has 2 fully saturated rings. The molecule has 5 heteroatoms. The van der Waals surface area contributed by atoms with E-state index in [9.17, 15) is 0 Å². The molecule has 1 aromatic heterocycles. The second-order valence-corrected chi connectivity index (χ2v) is 7.71. The maximum absolute atomic E-state index is 5.85. The molecule has 0 aromatic carbocycles. The van der Waals surface area contributed by atoms with Crippen LogP contribution in [-0.2, 0) is 11.3 Å². The molecule has 25 heavy (non-hydrogen) atoms. The highest BCUT2D eigenvalue weighted by Gasteiger charge is 2.23. The van der Waals surface area contributed by atoms with Crippen LogP contribution in [-0.4, -0.2) is 40.3 Å². The molecule has 0 spiro atoms. The Kier molecular flexibility index (Phi) is 7.49. The molecule has 0 radical (unpaired) electrons. The molecule has 2 aliphatic rings. The SMILES string of the molecule is S=C(NC1CCCCCCC1)N(Cc1ccccn1)CC1CCCO1. The summed E-state index contributed by atoms with van der Waals surface area (Å²) in [6, 6.07) is 6.58. The molecule has 1 saturated carbocycles. The summed E-state index contributed by atoms with van der Waals surface area (Å²) in [7, 11) is 0. The Hall–Kier alpha value is -1.20. The fourth-order valence-electron chi connectivity index (χ4n) is 3.81. The van der Waals surface area contributed by atoms with Crippen molar-refractivity contribution in [3.8, 4) is 0 Å². The number of nitrogens with zero attached hydrogens (tertiary/aromatic N) is 2. The summed E-state index contributed by atoms with van der Waals surface area (Å²) in [5.74, 6) is 0. The Morgan fingerprint density at radius 1 is 1.12 bits per heavy atom. The molecule has 2 heterocycles. The fourth-order valence-corrected chi connectivity index (χ4v) is 4.11. The van der Waals surface area contributed by atoms with Gasteiger partial charge in [-0.3, -0.25) is 4.98 Å². The van der Waals surface area contributed by atoms with Crippen LogP contribution in [0.4, 0.5) is 0 Å². The van der Waals surface area contributed by atoms with E-state index < -0.39 is 0 Å². The quantitative estimate of drug-likeness (QED) is 0.801. The molecule has 1 aromatic rings. The molecule has 1 saturated heterocycles. The van der Waals surface area contributed by atoms with E-state index in [4.69, 9.17) is 17.0 Å². The van der Waals surface area contributed by atoms with E-state index in [1.165, 1.54) is 44.9 Å². The highest BCUT2D eigenvalue weighted by molar-refractivity contribution is 7.80. The van der Waals surface area contributed by atoms with Crippen LogP contribution >= 0.6 is 12.2 Å². The van der Waals surface area contributed by atoms with Crippen LogP contribution in [0.15, 0.2) is 24.4 Å². The van der Waals surface area contributed by atoms with Crippen LogP contribution in [0, 0.1) is 0 Å². The van der Waals surface area contributed by atoms with Gasteiger partial charge >= 0.3 is 0 Å². The van der Waals surface area contributed by atoms with E-state index in [0.29, 0.717) is 12.1 Å². The first-order chi connectivity index (χ1) is 12.3. The Labute approximate surface area is 157 Å². The molecular weight excluding hydrogens is 330 g/mol. The van der Waals surface area contributed by atoms with Crippen LogP contribution in [0.5, 0.6) is 0 Å². The predicted molar refractivity (Wildman–Crippen MR) is 105 cm³/mol. The van der Waals surface area contributed by atoms with Crippen molar-refractivity contribution in [2.45, 2.75) is 76.5 Å². The Bertz CT molecular complexity index is 511. The van der Waals surface area contributed by atoms with E-state index in [0.717, 1.165) is 43.3 Å². The van der Waals surface area contributed by atoms with Crippen molar-refractivity contribution in [1.82, 2.24) is 15.2 Å². The van der Waals surface area contributed by atoms with E-state index in [1.54, 1.807) is 0 Å². The van der Waals surface area contributed by atoms with Crippen molar-refractivity contribution in [2.24, 2.45) is 0 Å². The lowest BCUT2D eigenvalue weighted by atomic mass is 9.97. The first-order valence-electron chi connectivity index (χ1n) is 9.88. The molecule has 1 aliphatic heterocycles. The van der Waals surface area contributed by atoms with Gasteiger partial charge in [-0.2, -0.15) is 0 Å². The zero-order valence-corrected chi connectivity index (χ0v) is 16.0. The second-order valence-electron chi connectivity index (χ2n) is 7.33. The Balaban J connectivity index is 1.60. The van der Waals surface area contributed by atoms with Crippen molar-refractivity contribution >= 4 is 17.3 Å². The van der Waals surface area contributed by atoms with Crippen LogP contribution in [0.2, 0.25) is 0 Å². The van der Waals surface area contributed by atoms with E-state index >= 15 is 0 Å². The molecule has 1 unspecified atom stereocenters.